The molecule has 2 aromatic rings. The largest absolute Gasteiger partial charge is 0.334 e. The maximum absolute atomic E-state index is 11.9. The van der Waals surface area contributed by atoms with Crippen LogP contribution in [0.15, 0.2) is 29.4 Å². The number of amides is 2. The van der Waals surface area contributed by atoms with Crippen molar-refractivity contribution in [2.45, 2.75) is 12.1 Å². The molecule has 1 aromatic heterocycles. The number of hydrazine groups is 1. The van der Waals surface area contributed by atoms with Gasteiger partial charge in [-0.25, -0.2) is 10.5 Å². The first-order valence-corrected chi connectivity index (χ1v) is 7.45. The predicted molar refractivity (Wildman–Crippen MR) is 88.1 cm³/mol. The van der Waals surface area contributed by atoms with E-state index in [9.17, 15) is 9.59 Å². The molecule has 0 radical (unpaired) electrons. The van der Waals surface area contributed by atoms with Gasteiger partial charge in [0.2, 0.25) is 17.0 Å². The second-order valence-corrected chi connectivity index (χ2v) is 5.36. The minimum atomic E-state index is -0.250. The van der Waals surface area contributed by atoms with Crippen molar-refractivity contribution in [1.82, 2.24) is 14.9 Å². The fraction of sp³-hybridized carbons (Fsp3) is 0.167. The number of nitrogen functional groups attached to an aromatic ring is 2. The Morgan fingerprint density at radius 3 is 2.57 bits per heavy atom. The molecule has 0 aliphatic rings. The second-order valence-electron chi connectivity index (χ2n) is 4.42. The first-order chi connectivity index (χ1) is 11.0. The van der Waals surface area contributed by atoms with E-state index in [0.29, 0.717) is 16.5 Å². The van der Waals surface area contributed by atoms with Gasteiger partial charge in [-0.15, -0.1) is 10.2 Å². The zero-order valence-electron chi connectivity index (χ0n) is 12.2. The van der Waals surface area contributed by atoms with Gasteiger partial charge in [-0.2, -0.15) is 0 Å². The summed E-state index contributed by atoms with van der Waals surface area (Å²) < 4.78 is 1.15. The molecule has 23 heavy (non-hydrogen) atoms. The normalized spacial score (nSPS) is 10.2. The molecule has 0 fully saturated rings. The maximum atomic E-state index is 11.9. The van der Waals surface area contributed by atoms with Gasteiger partial charge in [-0.3, -0.25) is 15.0 Å². The van der Waals surface area contributed by atoms with Crippen LogP contribution < -0.4 is 27.7 Å². The van der Waals surface area contributed by atoms with Gasteiger partial charge in [-0.1, -0.05) is 17.8 Å². The number of carbonyl (C=O) groups is 2. The molecule has 0 saturated carbocycles. The number of hydrogen-bond acceptors (Lipinski definition) is 8. The Bertz CT molecular complexity index is 717. The number of aromatic nitrogens is 3. The summed E-state index contributed by atoms with van der Waals surface area (Å²) in [5.41, 5.74) is 3.45. The van der Waals surface area contributed by atoms with E-state index in [1.807, 2.05) is 0 Å². The molecule has 0 saturated heterocycles. The molecule has 11 heteroatoms. The lowest BCUT2D eigenvalue weighted by atomic mass is 10.2. The summed E-state index contributed by atoms with van der Waals surface area (Å²) in [6.45, 7) is 1.41. The molecule has 0 aliphatic heterocycles. The fourth-order valence-corrected chi connectivity index (χ4v) is 2.34. The molecule has 0 atom stereocenters. The van der Waals surface area contributed by atoms with Gasteiger partial charge in [0.05, 0.1) is 5.75 Å². The summed E-state index contributed by atoms with van der Waals surface area (Å²) in [5.74, 6) is 10.7. The summed E-state index contributed by atoms with van der Waals surface area (Å²) in [6, 6.07) is 6.83. The number of anilines is 3. The number of carbonyl (C=O) groups excluding carboxylic acids is 2. The van der Waals surface area contributed by atoms with Gasteiger partial charge in [-0.05, 0) is 18.2 Å². The molecule has 0 aliphatic carbocycles. The summed E-state index contributed by atoms with van der Waals surface area (Å²) in [6.07, 6.45) is 0. The third-order valence-corrected chi connectivity index (χ3v) is 3.54. The Labute approximate surface area is 135 Å². The van der Waals surface area contributed by atoms with E-state index < -0.39 is 0 Å². The molecule has 2 rings (SSSR count). The smallest absolute Gasteiger partial charge is 0.258 e. The van der Waals surface area contributed by atoms with Crippen LogP contribution in [0, 0.1) is 0 Å². The molecular formula is C12H16N8O2S. The van der Waals surface area contributed by atoms with Crippen molar-refractivity contribution < 1.29 is 9.59 Å². The Morgan fingerprint density at radius 2 is 1.96 bits per heavy atom. The van der Waals surface area contributed by atoms with Crippen molar-refractivity contribution in [3.05, 3.63) is 24.3 Å². The molecule has 1 heterocycles. The molecule has 10 nitrogen and oxygen atoms in total. The van der Waals surface area contributed by atoms with Crippen LogP contribution in [0.2, 0.25) is 0 Å². The van der Waals surface area contributed by atoms with Crippen LogP contribution >= 0.6 is 11.8 Å². The van der Waals surface area contributed by atoms with E-state index in [1.165, 1.54) is 6.92 Å². The zero-order chi connectivity index (χ0) is 16.8. The monoisotopic (exact) mass is 336 g/mol. The number of thioether (sulfide) groups is 1. The van der Waals surface area contributed by atoms with Crippen LogP contribution in [0.3, 0.4) is 0 Å². The van der Waals surface area contributed by atoms with Crippen LogP contribution in [0.25, 0.3) is 0 Å². The Morgan fingerprint density at radius 1 is 1.26 bits per heavy atom. The predicted octanol–water partition coefficient (Wildman–Crippen LogP) is -0.0333. The lowest BCUT2D eigenvalue weighted by Crippen LogP contribution is -2.19. The van der Waals surface area contributed by atoms with E-state index in [2.05, 4.69) is 26.3 Å². The molecule has 0 spiro atoms. The SMILES string of the molecule is CC(=O)Nc1cccc(NC(=O)CSc2nnc(NN)n2N)c1. The van der Waals surface area contributed by atoms with E-state index >= 15 is 0 Å². The average molecular weight is 336 g/mol. The van der Waals surface area contributed by atoms with Crippen molar-refractivity contribution in [2.24, 2.45) is 5.84 Å². The summed E-state index contributed by atoms with van der Waals surface area (Å²) in [7, 11) is 0. The van der Waals surface area contributed by atoms with Gasteiger partial charge < -0.3 is 16.5 Å². The highest BCUT2D eigenvalue weighted by molar-refractivity contribution is 7.99. The quantitative estimate of drug-likeness (QED) is 0.280. The Kier molecular flexibility index (Phi) is 5.38. The number of nitrogens with zero attached hydrogens (tertiary/aromatic N) is 3. The van der Waals surface area contributed by atoms with Crippen molar-refractivity contribution in [3.63, 3.8) is 0 Å². The Hall–Kier alpha value is -2.79. The molecule has 0 bridgehead atoms. The highest BCUT2D eigenvalue weighted by Gasteiger charge is 2.11. The molecule has 2 amide bonds. The highest BCUT2D eigenvalue weighted by Crippen LogP contribution is 2.18. The topological polar surface area (TPSA) is 153 Å². The number of nitrogens with one attached hydrogen (secondary N) is 3. The third-order valence-electron chi connectivity index (χ3n) is 2.59. The number of hydrogen-bond donors (Lipinski definition) is 5. The molecule has 1 aromatic carbocycles. The van der Waals surface area contributed by atoms with E-state index in [4.69, 9.17) is 11.7 Å². The van der Waals surface area contributed by atoms with Crippen LogP contribution in [0.5, 0.6) is 0 Å². The average Bonchev–Trinajstić information content (AvgIpc) is 2.85. The minimum absolute atomic E-state index is 0.0876. The van der Waals surface area contributed by atoms with Gasteiger partial charge in [0.15, 0.2) is 0 Å². The zero-order valence-corrected chi connectivity index (χ0v) is 13.1. The van der Waals surface area contributed by atoms with Gasteiger partial charge in [0.1, 0.15) is 0 Å². The minimum Gasteiger partial charge on any atom is -0.334 e. The maximum Gasteiger partial charge on any atom is 0.258 e. The second kappa shape index (κ2) is 7.47. The molecule has 0 unspecified atom stereocenters. The van der Waals surface area contributed by atoms with Crippen LogP contribution in [-0.4, -0.2) is 32.4 Å². The van der Waals surface area contributed by atoms with E-state index in [0.717, 1.165) is 16.4 Å². The van der Waals surface area contributed by atoms with Crippen molar-refractivity contribution in [2.75, 3.05) is 27.7 Å². The van der Waals surface area contributed by atoms with Gasteiger partial charge >= 0.3 is 0 Å². The van der Waals surface area contributed by atoms with Gasteiger partial charge in [0, 0.05) is 18.3 Å². The molecule has 122 valence electrons. The highest BCUT2D eigenvalue weighted by atomic mass is 32.2. The standard InChI is InChI=1S/C12H16N8O2S/c1-7(21)15-8-3-2-4-9(5-8)16-10(22)6-23-12-19-18-11(17-13)20(12)14/h2-5H,6,13-14H2,1H3,(H,15,21)(H,16,22)(H,17,18). The van der Waals surface area contributed by atoms with Crippen molar-refractivity contribution >= 4 is 40.9 Å². The van der Waals surface area contributed by atoms with E-state index in [-0.39, 0.29) is 23.5 Å². The summed E-state index contributed by atoms with van der Waals surface area (Å²) in [5, 5.41) is 13.2. The lowest BCUT2D eigenvalue weighted by Gasteiger charge is -2.07. The number of nitrogens with two attached hydrogens (primary N) is 2. The first kappa shape index (κ1) is 16.6. The molecular weight excluding hydrogens is 320 g/mol. The van der Waals surface area contributed by atoms with Crippen LogP contribution in [-0.2, 0) is 9.59 Å². The first-order valence-electron chi connectivity index (χ1n) is 6.47. The van der Waals surface area contributed by atoms with E-state index in [1.54, 1.807) is 24.3 Å². The molecule has 7 N–H and O–H groups in total. The van der Waals surface area contributed by atoms with Crippen LogP contribution in [0.4, 0.5) is 17.3 Å². The summed E-state index contributed by atoms with van der Waals surface area (Å²) >= 11 is 1.11. The number of benzene rings is 1. The fourth-order valence-electron chi connectivity index (χ4n) is 1.68. The van der Waals surface area contributed by atoms with Gasteiger partial charge in [0.25, 0.3) is 5.95 Å². The van der Waals surface area contributed by atoms with Crippen LogP contribution in [0.1, 0.15) is 6.92 Å². The van der Waals surface area contributed by atoms with Crippen molar-refractivity contribution in [3.8, 4) is 0 Å². The lowest BCUT2D eigenvalue weighted by molar-refractivity contribution is -0.114. The number of rotatable bonds is 6. The Balaban J connectivity index is 1.91. The third kappa shape index (κ3) is 4.59. The summed E-state index contributed by atoms with van der Waals surface area (Å²) in [4.78, 5) is 23.0. The van der Waals surface area contributed by atoms with Crippen molar-refractivity contribution in [1.29, 1.82) is 0 Å².